The van der Waals surface area contributed by atoms with Crippen molar-refractivity contribution < 1.29 is 0 Å². The van der Waals surface area contributed by atoms with Gasteiger partial charge in [-0.15, -0.1) is 0 Å². The van der Waals surface area contributed by atoms with Gasteiger partial charge in [-0.05, 0) is 56.3 Å². The third kappa shape index (κ3) is 1.14. The van der Waals surface area contributed by atoms with Crippen LogP contribution in [0.5, 0.6) is 0 Å². The summed E-state index contributed by atoms with van der Waals surface area (Å²) in [6.45, 7) is 0. The zero-order valence-corrected chi connectivity index (χ0v) is 10.2. The zero-order valence-electron chi connectivity index (χ0n) is 9.35. The number of nitrogen functional groups attached to an aromatic ring is 1. The molecule has 0 spiro atoms. The average Bonchev–Trinajstić information content (AvgIpc) is 2.62. The molecule has 0 radical (unpaired) electrons. The van der Waals surface area contributed by atoms with Gasteiger partial charge in [0.05, 0.1) is 11.7 Å². The van der Waals surface area contributed by atoms with E-state index in [1.807, 2.05) is 0 Å². The van der Waals surface area contributed by atoms with Crippen molar-refractivity contribution in [2.24, 2.45) is 17.8 Å². The smallest absolute Gasteiger partial charge is 0.161 e. The molecule has 4 heteroatoms. The molecule has 5 rings (SSSR count). The summed E-state index contributed by atoms with van der Waals surface area (Å²) in [7, 11) is 0. The third-order valence-corrected chi connectivity index (χ3v) is 5.60. The van der Waals surface area contributed by atoms with Gasteiger partial charge in [-0.1, -0.05) is 0 Å². The van der Waals surface area contributed by atoms with Crippen LogP contribution in [0.2, 0.25) is 0 Å². The standard InChI is InChI=1S/C12H17N3S/c13-11-10(14-16-15-11)12-4-7-1-8(5-12)3-9(2-7)6-12/h7-9H,1-6H2,(H2,13,15). The Balaban J connectivity index is 1.79. The summed E-state index contributed by atoms with van der Waals surface area (Å²) in [6.07, 6.45) is 8.39. The molecule has 0 aliphatic heterocycles. The summed E-state index contributed by atoms with van der Waals surface area (Å²) < 4.78 is 8.69. The third-order valence-electron chi connectivity index (χ3n) is 5.05. The molecule has 3 nitrogen and oxygen atoms in total. The Labute approximate surface area is 99.8 Å². The highest BCUT2D eigenvalue weighted by atomic mass is 32.1. The van der Waals surface area contributed by atoms with E-state index in [1.165, 1.54) is 50.3 Å². The molecule has 4 bridgehead atoms. The molecule has 0 aromatic carbocycles. The number of anilines is 1. The molecule has 1 heterocycles. The van der Waals surface area contributed by atoms with Gasteiger partial charge >= 0.3 is 0 Å². The summed E-state index contributed by atoms with van der Waals surface area (Å²) in [5, 5.41) is 0. The molecule has 0 unspecified atom stereocenters. The fraction of sp³-hybridized carbons (Fsp3) is 0.833. The van der Waals surface area contributed by atoms with Crippen molar-refractivity contribution in [3.05, 3.63) is 5.69 Å². The number of hydrogen-bond donors (Lipinski definition) is 1. The molecule has 2 N–H and O–H groups in total. The molecule has 1 aromatic rings. The van der Waals surface area contributed by atoms with Crippen LogP contribution in [0.4, 0.5) is 5.82 Å². The largest absolute Gasteiger partial charge is 0.381 e. The molecule has 4 aliphatic rings. The Morgan fingerprint density at radius 2 is 1.56 bits per heavy atom. The van der Waals surface area contributed by atoms with E-state index in [0.717, 1.165) is 23.4 Å². The van der Waals surface area contributed by atoms with Gasteiger partial charge in [0.2, 0.25) is 0 Å². The molecule has 4 aliphatic carbocycles. The number of aromatic nitrogens is 2. The van der Waals surface area contributed by atoms with Crippen molar-refractivity contribution in [2.45, 2.75) is 43.9 Å². The second kappa shape index (κ2) is 2.97. The molecule has 4 saturated carbocycles. The molecule has 4 fully saturated rings. The van der Waals surface area contributed by atoms with Crippen LogP contribution in [-0.2, 0) is 5.41 Å². The number of rotatable bonds is 1. The maximum atomic E-state index is 6.00. The Morgan fingerprint density at radius 1 is 1.00 bits per heavy atom. The molecule has 0 amide bonds. The topological polar surface area (TPSA) is 51.8 Å². The van der Waals surface area contributed by atoms with Gasteiger partial charge in [-0.25, -0.2) is 0 Å². The zero-order chi connectivity index (χ0) is 10.8. The first kappa shape index (κ1) is 9.40. The minimum absolute atomic E-state index is 0.325. The Bertz CT molecular complexity index is 390. The lowest BCUT2D eigenvalue weighted by molar-refractivity contribution is -0.00646. The van der Waals surface area contributed by atoms with Gasteiger partial charge in [-0.3, -0.25) is 0 Å². The predicted octanol–water partition coefficient (Wildman–Crippen LogP) is 2.59. The van der Waals surface area contributed by atoms with E-state index in [2.05, 4.69) is 8.75 Å². The van der Waals surface area contributed by atoms with E-state index in [4.69, 9.17) is 5.73 Å². The van der Waals surface area contributed by atoms with E-state index in [-0.39, 0.29) is 0 Å². The number of nitrogens with two attached hydrogens (primary N) is 1. The van der Waals surface area contributed by atoms with Gasteiger partial charge in [-0.2, -0.15) is 8.75 Å². The van der Waals surface area contributed by atoms with Gasteiger partial charge < -0.3 is 5.73 Å². The monoisotopic (exact) mass is 235 g/mol. The molecule has 1 aromatic heterocycles. The van der Waals surface area contributed by atoms with Crippen LogP contribution in [0.3, 0.4) is 0 Å². The van der Waals surface area contributed by atoms with E-state index in [1.54, 1.807) is 0 Å². The van der Waals surface area contributed by atoms with Crippen molar-refractivity contribution in [1.29, 1.82) is 0 Å². The van der Waals surface area contributed by atoms with Crippen molar-refractivity contribution >= 4 is 17.5 Å². The van der Waals surface area contributed by atoms with Crippen LogP contribution in [0.15, 0.2) is 0 Å². The van der Waals surface area contributed by atoms with Crippen molar-refractivity contribution in [2.75, 3.05) is 5.73 Å². The minimum atomic E-state index is 0.325. The molecule has 0 saturated heterocycles. The molecule has 0 atom stereocenters. The maximum Gasteiger partial charge on any atom is 0.161 e. The van der Waals surface area contributed by atoms with Gasteiger partial charge in [0, 0.05) is 5.41 Å². The summed E-state index contributed by atoms with van der Waals surface area (Å²) in [6, 6.07) is 0. The molecular weight excluding hydrogens is 218 g/mol. The summed E-state index contributed by atoms with van der Waals surface area (Å²) >= 11 is 1.29. The maximum absolute atomic E-state index is 6.00. The van der Waals surface area contributed by atoms with Gasteiger partial charge in [0.1, 0.15) is 5.69 Å². The van der Waals surface area contributed by atoms with Gasteiger partial charge in [0.25, 0.3) is 0 Å². The lowest BCUT2D eigenvalue weighted by Gasteiger charge is -2.56. The highest BCUT2D eigenvalue weighted by molar-refractivity contribution is 6.99. The second-order valence-corrected chi connectivity index (χ2v) is 6.72. The Hall–Kier alpha value is -0.640. The molecular formula is C12H17N3S. The van der Waals surface area contributed by atoms with E-state index in [9.17, 15) is 0 Å². The van der Waals surface area contributed by atoms with E-state index in [0.29, 0.717) is 11.2 Å². The second-order valence-electron chi connectivity index (χ2n) is 6.20. The fourth-order valence-electron chi connectivity index (χ4n) is 4.96. The first-order chi connectivity index (χ1) is 7.75. The number of hydrogen-bond acceptors (Lipinski definition) is 4. The van der Waals surface area contributed by atoms with E-state index < -0.39 is 0 Å². The van der Waals surface area contributed by atoms with E-state index >= 15 is 0 Å². The average molecular weight is 235 g/mol. The van der Waals surface area contributed by atoms with Crippen LogP contribution in [0.25, 0.3) is 0 Å². The van der Waals surface area contributed by atoms with Crippen molar-refractivity contribution in [1.82, 2.24) is 8.75 Å². The quantitative estimate of drug-likeness (QED) is 0.814. The fourth-order valence-corrected chi connectivity index (χ4v) is 5.55. The lowest BCUT2D eigenvalue weighted by Crippen LogP contribution is -2.49. The summed E-state index contributed by atoms with van der Waals surface area (Å²) in [5.41, 5.74) is 7.47. The minimum Gasteiger partial charge on any atom is -0.381 e. The molecule has 86 valence electrons. The van der Waals surface area contributed by atoms with Crippen LogP contribution in [-0.4, -0.2) is 8.75 Å². The van der Waals surface area contributed by atoms with Crippen LogP contribution in [0, 0.1) is 17.8 Å². The Kier molecular flexibility index (Phi) is 1.75. The van der Waals surface area contributed by atoms with Crippen LogP contribution >= 0.6 is 11.7 Å². The van der Waals surface area contributed by atoms with Crippen LogP contribution < -0.4 is 5.73 Å². The first-order valence-corrected chi connectivity index (χ1v) is 7.07. The normalized spacial score (nSPS) is 45.1. The SMILES string of the molecule is Nc1nsnc1C12CC3CC(CC(C3)C1)C2. The highest BCUT2D eigenvalue weighted by Gasteiger charge is 2.53. The van der Waals surface area contributed by atoms with Crippen molar-refractivity contribution in [3.8, 4) is 0 Å². The molecule has 16 heavy (non-hydrogen) atoms. The van der Waals surface area contributed by atoms with Crippen LogP contribution in [0.1, 0.15) is 44.2 Å². The predicted molar refractivity (Wildman–Crippen MR) is 64.2 cm³/mol. The first-order valence-electron chi connectivity index (χ1n) is 6.34. The van der Waals surface area contributed by atoms with Crippen molar-refractivity contribution in [3.63, 3.8) is 0 Å². The lowest BCUT2D eigenvalue weighted by atomic mass is 9.49. The summed E-state index contributed by atoms with van der Waals surface area (Å²) in [5.74, 6) is 3.57. The summed E-state index contributed by atoms with van der Waals surface area (Å²) in [4.78, 5) is 0. The Morgan fingerprint density at radius 3 is 2.00 bits per heavy atom. The van der Waals surface area contributed by atoms with Gasteiger partial charge in [0.15, 0.2) is 5.82 Å². The highest BCUT2D eigenvalue weighted by Crippen LogP contribution is 2.61. The number of nitrogens with zero attached hydrogens (tertiary/aromatic N) is 2.